The molecule has 3 heteroatoms. The van der Waals surface area contributed by atoms with Gasteiger partial charge in [-0.15, -0.1) is 0 Å². The van der Waals surface area contributed by atoms with E-state index in [4.69, 9.17) is 14.6 Å². The molecule has 0 aromatic rings. The monoisotopic (exact) mass is 186 g/mol. The van der Waals surface area contributed by atoms with Crippen molar-refractivity contribution >= 4 is 0 Å². The quantitative estimate of drug-likeness (QED) is 0.676. The van der Waals surface area contributed by atoms with E-state index in [1.165, 1.54) is 0 Å². The number of aliphatic hydroxyl groups is 1. The molecule has 0 unspecified atom stereocenters. The van der Waals surface area contributed by atoms with Gasteiger partial charge < -0.3 is 14.6 Å². The first-order valence-corrected chi connectivity index (χ1v) is 4.72. The maximum absolute atomic E-state index is 8.50. The lowest BCUT2D eigenvalue weighted by atomic mass is 10.2. The highest BCUT2D eigenvalue weighted by molar-refractivity contribution is 4.83. The van der Waals surface area contributed by atoms with Gasteiger partial charge in [0.2, 0.25) is 0 Å². The van der Waals surface area contributed by atoms with Gasteiger partial charge in [0.1, 0.15) is 0 Å². The minimum Gasteiger partial charge on any atom is -0.392 e. The lowest BCUT2D eigenvalue weighted by Crippen LogP contribution is -2.21. The number of ether oxygens (including phenoxy) is 2. The maximum atomic E-state index is 8.50. The second-order valence-corrected chi connectivity index (χ2v) is 3.68. The van der Waals surface area contributed by atoms with Gasteiger partial charge in [-0.05, 0) is 26.7 Å². The molecule has 1 rings (SSSR count). The highest BCUT2D eigenvalue weighted by atomic mass is 16.7. The highest BCUT2D eigenvalue weighted by Gasteiger charge is 2.31. The van der Waals surface area contributed by atoms with Crippen molar-refractivity contribution in [3.05, 3.63) is 12.2 Å². The molecule has 3 nitrogen and oxygen atoms in total. The molecule has 0 aromatic carbocycles. The van der Waals surface area contributed by atoms with Gasteiger partial charge in [-0.1, -0.05) is 12.2 Å². The van der Waals surface area contributed by atoms with E-state index in [0.717, 1.165) is 12.8 Å². The van der Waals surface area contributed by atoms with Crippen LogP contribution in [0.5, 0.6) is 0 Å². The molecule has 1 aliphatic heterocycles. The highest BCUT2D eigenvalue weighted by Crippen LogP contribution is 2.24. The van der Waals surface area contributed by atoms with Crippen molar-refractivity contribution in [3.8, 4) is 0 Å². The van der Waals surface area contributed by atoms with E-state index >= 15 is 0 Å². The molecule has 13 heavy (non-hydrogen) atoms. The molecule has 1 atom stereocenters. The molecule has 0 aliphatic carbocycles. The zero-order valence-electron chi connectivity index (χ0n) is 8.32. The standard InChI is InChI=1S/C10H18O3/c1-10(2)12-8-9(13-10)6-4-3-5-7-11/h3,5,9,11H,4,6-8H2,1-2H3/t9-/m1/s1. The van der Waals surface area contributed by atoms with Crippen LogP contribution in [0.4, 0.5) is 0 Å². The Bertz CT molecular complexity index is 175. The van der Waals surface area contributed by atoms with Gasteiger partial charge in [-0.3, -0.25) is 0 Å². The van der Waals surface area contributed by atoms with Crippen LogP contribution in [0, 0.1) is 0 Å². The van der Waals surface area contributed by atoms with Gasteiger partial charge in [0.05, 0.1) is 19.3 Å². The van der Waals surface area contributed by atoms with Gasteiger partial charge in [0, 0.05) is 0 Å². The molecule has 1 heterocycles. The van der Waals surface area contributed by atoms with Crippen molar-refractivity contribution in [1.29, 1.82) is 0 Å². The first-order chi connectivity index (χ1) is 6.14. The zero-order chi connectivity index (χ0) is 9.73. The summed E-state index contributed by atoms with van der Waals surface area (Å²) in [4.78, 5) is 0. The summed E-state index contributed by atoms with van der Waals surface area (Å²) < 4.78 is 11.0. The summed E-state index contributed by atoms with van der Waals surface area (Å²) in [6.45, 7) is 4.65. The van der Waals surface area contributed by atoms with Gasteiger partial charge in [0.15, 0.2) is 5.79 Å². The molecular formula is C10H18O3. The Hall–Kier alpha value is -0.380. The Morgan fingerprint density at radius 3 is 2.77 bits per heavy atom. The van der Waals surface area contributed by atoms with Crippen LogP contribution in [0.2, 0.25) is 0 Å². The normalized spacial score (nSPS) is 27.2. The second-order valence-electron chi connectivity index (χ2n) is 3.68. The van der Waals surface area contributed by atoms with Crippen molar-refractivity contribution in [2.24, 2.45) is 0 Å². The number of allylic oxidation sites excluding steroid dienone is 1. The smallest absolute Gasteiger partial charge is 0.163 e. The molecule has 0 aromatic heterocycles. The van der Waals surface area contributed by atoms with E-state index in [0.29, 0.717) is 6.61 Å². The summed E-state index contributed by atoms with van der Waals surface area (Å²) in [6, 6.07) is 0. The SMILES string of the molecule is CC1(C)OC[C@@H](CCC=CCO)O1. The summed E-state index contributed by atoms with van der Waals surface area (Å²) >= 11 is 0. The fourth-order valence-corrected chi connectivity index (χ4v) is 1.38. The van der Waals surface area contributed by atoms with Crippen LogP contribution < -0.4 is 0 Å². The van der Waals surface area contributed by atoms with Crippen LogP contribution >= 0.6 is 0 Å². The van der Waals surface area contributed by atoms with Crippen LogP contribution in [0.1, 0.15) is 26.7 Å². The molecule has 0 amide bonds. The number of rotatable bonds is 4. The van der Waals surface area contributed by atoms with E-state index in [1.807, 2.05) is 19.9 Å². The van der Waals surface area contributed by atoms with Crippen molar-refractivity contribution < 1.29 is 14.6 Å². The first kappa shape index (κ1) is 10.7. The lowest BCUT2D eigenvalue weighted by Gasteiger charge is -2.16. The van der Waals surface area contributed by atoms with Crippen LogP contribution in [0.25, 0.3) is 0 Å². The Morgan fingerprint density at radius 1 is 1.46 bits per heavy atom. The molecule has 76 valence electrons. The van der Waals surface area contributed by atoms with Crippen molar-refractivity contribution in [2.45, 2.75) is 38.6 Å². The average Bonchev–Trinajstić information content (AvgIpc) is 2.40. The molecule has 0 saturated carbocycles. The molecule has 1 fully saturated rings. The maximum Gasteiger partial charge on any atom is 0.163 e. The molecule has 1 aliphatic rings. The van der Waals surface area contributed by atoms with E-state index < -0.39 is 5.79 Å². The Labute approximate surface area is 79.3 Å². The van der Waals surface area contributed by atoms with Gasteiger partial charge in [-0.25, -0.2) is 0 Å². The molecule has 0 spiro atoms. The summed E-state index contributed by atoms with van der Waals surface area (Å²) in [6.07, 6.45) is 5.82. The van der Waals surface area contributed by atoms with Crippen molar-refractivity contribution in [3.63, 3.8) is 0 Å². The van der Waals surface area contributed by atoms with E-state index in [9.17, 15) is 0 Å². The summed E-state index contributed by atoms with van der Waals surface area (Å²) in [5.41, 5.74) is 0. The third-order valence-electron chi connectivity index (χ3n) is 1.99. The first-order valence-electron chi connectivity index (χ1n) is 4.72. The molecular weight excluding hydrogens is 168 g/mol. The predicted molar refractivity (Wildman–Crippen MR) is 50.4 cm³/mol. The average molecular weight is 186 g/mol. The molecule has 0 radical (unpaired) electrons. The summed E-state index contributed by atoms with van der Waals surface area (Å²) in [7, 11) is 0. The summed E-state index contributed by atoms with van der Waals surface area (Å²) in [5, 5.41) is 8.50. The van der Waals surface area contributed by atoms with Crippen LogP contribution in [0.15, 0.2) is 12.2 Å². The second kappa shape index (κ2) is 4.74. The number of hydrogen-bond donors (Lipinski definition) is 1. The zero-order valence-corrected chi connectivity index (χ0v) is 8.32. The third-order valence-corrected chi connectivity index (χ3v) is 1.99. The molecule has 0 bridgehead atoms. The van der Waals surface area contributed by atoms with Crippen molar-refractivity contribution in [1.82, 2.24) is 0 Å². The van der Waals surface area contributed by atoms with Crippen molar-refractivity contribution in [2.75, 3.05) is 13.2 Å². The van der Waals surface area contributed by atoms with Crippen LogP contribution in [-0.2, 0) is 9.47 Å². The van der Waals surface area contributed by atoms with E-state index in [1.54, 1.807) is 6.08 Å². The van der Waals surface area contributed by atoms with Gasteiger partial charge >= 0.3 is 0 Å². The number of aliphatic hydroxyl groups excluding tert-OH is 1. The predicted octanol–water partition coefficient (Wildman–Crippen LogP) is 1.47. The minimum absolute atomic E-state index is 0.119. The largest absolute Gasteiger partial charge is 0.392 e. The van der Waals surface area contributed by atoms with Crippen LogP contribution in [-0.4, -0.2) is 30.2 Å². The van der Waals surface area contributed by atoms with E-state index in [-0.39, 0.29) is 12.7 Å². The van der Waals surface area contributed by atoms with E-state index in [2.05, 4.69) is 0 Å². The Kier molecular flexibility index (Phi) is 3.90. The number of hydrogen-bond acceptors (Lipinski definition) is 3. The Morgan fingerprint density at radius 2 is 2.23 bits per heavy atom. The fraction of sp³-hybridized carbons (Fsp3) is 0.800. The topological polar surface area (TPSA) is 38.7 Å². The van der Waals surface area contributed by atoms with Gasteiger partial charge in [-0.2, -0.15) is 0 Å². The van der Waals surface area contributed by atoms with Crippen LogP contribution in [0.3, 0.4) is 0 Å². The summed E-state index contributed by atoms with van der Waals surface area (Å²) in [5.74, 6) is -0.411. The van der Waals surface area contributed by atoms with Gasteiger partial charge in [0.25, 0.3) is 0 Å². The lowest BCUT2D eigenvalue weighted by molar-refractivity contribution is -0.138. The minimum atomic E-state index is -0.411. The molecule has 1 N–H and O–H groups in total. The third kappa shape index (κ3) is 3.89. The molecule has 1 saturated heterocycles. The fourth-order valence-electron chi connectivity index (χ4n) is 1.38. The Balaban J connectivity index is 2.14.